The molecule has 0 spiro atoms. The van der Waals surface area contributed by atoms with E-state index in [1.54, 1.807) is 0 Å². The number of hydrogen-bond acceptors (Lipinski definition) is 1. The van der Waals surface area contributed by atoms with E-state index >= 15 is 0 Å². The van der Waals surface area contributed by atoms with Gasteiger partial charge in [0.25, 0.3) is 0 Å². The molecule has 1 unspecified atom stereocenters. The monoisotopic (exact) mass is 86.0 g/mol. The summed E-state index contributed by atoms with van der Waals surface area (Å²) in [6.45, 7) is 3.60. The molecular weight excluding hydrogens is 80.1 g/mol. The van der Waals surface area contributed by atoms with Crippen molar-refractivity contribution >= 4 is 11.8 Å². The van der Waals surface area contributed by atoms with Crippen LogP contribution in [0.4, 0.5) is 0 Å². The smallest absolute Gasteiger partial charge is 0.0315 e. The van der Waals surface area contributed by atoms with E-state index in [9.17, 15) is 0 Å². The molecule has 1 heterocycles. The topological polar surface area (TPSA) is 0 Å². The van der Waals surface area contributed by atoms with Gasteiger partial charge in [0.1, 0.15) is 0 Å². The second-order valence-corrected chi connectivity index (χ2v) is 2.38. The van der Waals surface area contributed by atoms with Crippen molar-refractivity contribution in [2.24, 2.45) is 0 Å². The van der Waals surface area contributed by atoms with Crippen LogP contribution in [0.1, 0.15) is 0 Å². The maximum Gasteiger partial charge on any atom is 0.0315 e. The Morgan fingerprint density at radius 2 is 2.60 bits per heavy atom. The van der Waals surface area contributed by atoms with Gasteiger partial charge in [-0.3, -0.25) is 0 Å². The van der Waals surface area contributed by atoms with Crippen molar-refractivity contribution < 1.29 is 0 Å². The highest BCUT2D eigenvalue weighted by Gasteiger charge is 2.16. The lowest BCUT2D eigenvalue weighted by atomic mass is 10.5. The van der Waals surface area contributed by atoms with E-state index in [0.717, 1.165) is 5.25 Å². The Labute approximate surface area is 36.3 Å². The van der Waals surface area contributed by atoms with Crippen molar-refractivity contribution in [3.05, 3.63) is 12.7 Å². The third-order valence-corrected chi connectivity index (χ3v) is 1.53. The highest BCUT2D eigenvalue weighted by atomic mass is 32.2. The minimum absolute atomic E-state index is 0.815. The average molecular weight is 86.2 g/mol. The predicted octanol–water partition coefficient (Wildman–Crippen LogP) is 1.29. The van der Waals surface area contributed by atoms with Gasteiger partial charge in [-0.2, -0.15) is 11.8 Å². The van der Waals surface area contributed by atoms with Crippen LogP contribution in [-0.2, 0) is 0 Å². The van der Waals surface area contributed by atoms with Gasteiger partial charge in [0.05, 0.1) is 0 Å². The van der Waals surface area contributed by atoms with Crippen LogP contribution in [0.5, 0.6) is 0 Å². The predicted molar refractivity (Wildman–Crippen MR) is 26.4 cm³/mol. The first-order chi connectivity index (χ1) is 2.43. The van der Waals surface area contributed by atoms with Gasteiger partial charge < -0.3 is 0 Å². The van der Waals surface area contributed by atoms with Gasteiger partial charge in [0.2, 0.25) is 0 Å². The maximum absolute atomic E-state index is 3.60. The lowest BCUT2D eigenvalue weighted by molar-refractivity contribution is 1.43. The van der Waals surface area contributed by atoms with Gasteiger partial charge >= 0.3 is 0 Å². The molecule has 1 aliphatic rings. The van der Waals surface area contributed by atoms with Crippen LogP contribution in [0.2, 0.25) is 0 Å². The van der Waals surface area contributed by atoms with Crippen LogP contribution < -0.4 is 0 Å². The quantitative estimate of drug-likeness (QED) is 0.342. The van der Waals surface area contributed by atoms with E-state index in [2.05, 4.69) is 6.58 Å². The molecule has 0 aromatic rings. The lowest BCUT2D eigenvalue weighted by Crippen LogP contribution is -1.63. The zero-order valence-electron chi connectivity index (χ0n) is 2.98. The van der Waals surface area contributed by atoms with Gasteiger partial charge in [-0.05, 0) is 0 Å². The Morgan fingerprint density at radius 3 is 2.60 bits per heavy atom. The Balaban J connectivity index is 2.21. The molecule has 28 valence electrons. The first-order valence-electron chi connectivity index (χ1n) is 1.67. The van der Waals surface area contributed by atoms with Crippen LogP contribution in [0.15, 0.2) is 12.7 Å². The summed E-state index contributed by atoms with van der Waals surface area (Å²) in [5.41, 5.74) is 0. The molecule has 0 saturated carbocycles. The lowest BCUT2D eigenvalue weighted by Gasteiger charge is -1.60. The molecule has 0 amide bonds. The summed E-state index contributed by atoms with van der Waals surface area (Å²) in [7, 11) is 0. The maximum atomic E-state index is 3.60. The normalized spacial score (nSPS) is 33.2. The van der Waals surface area contributed by atoms with Crippen LogP contribution in [-0.4, -0.2) is 11.0 Å². The second-order valence-electron chi connectivity index (χ2n) is 1.11. The first kappa shape index (κ1) is 3.29. The van der Waals surface area contributed by atoms with Crippen LogP contribution in [0.3, 0.4) is 0 Å². The minimum atomic E-state index is 0.815. The Bertz CT molecular complexity index is 45.6. The van der Waals surface area contributed by atoms with E-state index in [-0.39, 0.29) is 0 Å². The van der Waals surface area contributed by atoms with E-state index < -0.39 is 0 Å². The van der Waals surface area contributed by atoms with E-state index in [4.69, 9.17) is 0 Å². The molecule has 0 aromatic heterocycles. The number of rotatable bonds is 1. The van der Waals surface area contributed by atoms with Crippen molar-refractivity contribution in [2.45, 2.75) is 5.25 Å². The SMILES string of the molecule is C=CC1CS1. The van der Waals surface area contributed by atoms with Gasteiger partial charge in [-0.25, -0.2) is 0 Å². The highest BCUT2D eigenvalue weighted by molar-refractivity contribution is 8.07. The molecule has 1 atom stereocenters. The van der Waals surface area contributed by atoms with Crippen LogP contribution in [0.25, 0.3) is 0 Å². The Kier molecular flexibility index (Phi) is 0.692. The van der Waals surface area contributed by atoms with E-state index in [0.29, 0.717) is 0 Å². The first-order valence-corrected chi connectivity index (χ1v) is 2.72. The fourth-order valence-corrected chi connectivity index (χ4v) is 0.575. The molecule has 1 heteroatoms. The van der Waals surface area contributed by atoms with Gasteiger partial charge in [0, 0.05) is 11.0 Å². The summed E-state index contributed by atoms with van der Waals surface area (Å²) in [4.78, 5) is 0. The summed E-state index contributed by atoms with van der Waals surface area (Å²) < 4.78 is 0. The third-order valence-electron chi connectivity index (χ3n) is 0.622. The highest BCUT2D eigenvalue weighted by Crippen LogP contribution is 2.30. The molecule has 0 radical (unpaired) electrons. The summed E-state index contributed by atoms with van der Waals surface area (Å²) >= 11 is 1.95. The zero-order valence-corrected chi connectivity index (χ0v) is 3.79. The molecule has 1 rings (SSSR count). The van der Waals surface area contributed by atoms with E-state index in [1.807, 2.05) is 17.8 Å². The molecular formula is C4H6S. The minimum Gasteiger partial charge on any atom is -0.152 e. The largest absolute Gasteiger partial charge is 0.152 e. The van der Waals surface area contributed by atoms with Crippen LogP contribution in [0, 0.1) is 0 Å². The molecule has 1 fully saturated rings. The molecule has 0 bridgehead atoms. The Morgan fingerprint density at radius 1 is 2.00 bits per heavy atom. The fraction of sp³-hybridized carbons (Fsp3) is 0.500. The van der Waals surface area contributed by atoms with Crippen molar-refractivity contribution in [2.75, 3.05) is 5.75 Å². The molecule has 0 nitrogen and oxygen atoms in total. The van der Waals surface area contributed by atoms with Crippen LogP contribution >= 0.6 is 11.8 Å². The molecule has 0 N–H and O–H groups in total. The van der Waals surface area contributed by atoms with Gasteiger partial charge in [-0.15, -0.1) is 6.58 Å². The molecule has 0 aromatic carbocycles. The van der Waals surface area contributed by atoms with Crippen molar-refractivity contribution in [3.8, 4) is 0 Å². The molecule has 0 aliphatic carbocycles. The average Bonchev–Trinajstić information content (AvgIpc) is 2.12. The Hall–Kier alpha value is 0.0900. The van der Waals surface area contributed by atoms with Crippen molar-refractivity contribution in [1.29, 1.82) is 0 Å². The third kappa shape index (κ3) is 0.690. The van der Waals surface area contributed by atoms with Gasteiger partial charge in [-0.1, -0.05) is 6.08 Å². The van der Waals surface area contributed by atoms with Gasteiger partial charge in [0.15, 0.2) is 0 Å². The summed E-state index contributed by atoms with van der Waals surface area (Å²) in [6, 6.07) is 0. The standard InChI is InChI=1S/C4H6S/c1-2-4-3-5-4/h2,4H,1,3H2. The summed E-state index contributed by atoms with van der Waals surface area (Å²) in [5, 5.41) is 0.815. The zero-order chi connectivity index (χ0) is 3.70. The second kappa shape index (κ2) is 1.05. The molecule has 1 saturated heterocycles. The molecule has 1 aliphatic heterocycles. The summed E-state index contributed by atoms with van der Waals surface area (Å²) in [6.07, 6.45) is 1.99. The van der Waals surface area contributed by atoms with Crippen molar-refractivity contribution in [1.82, 2.24) is 0 Å². The molecule has 5 heavy (non-hydrogen) atoms. The summed E-state index contributed by atoms with van der Waals surface area (Å²) in [5.74, 6) is 1.31. The van der Waals surface area contributed by atoms with E-state index in [1.165, 1.54) is 5.75 Å². The van der Waals surface area contributed by atoms with Crippen molar-refractivity contribution in [3.63, 3.8) is 0 Å². The number of thioether (sulfide) groups is 1. The number of hydrogen-bond donors (Lipinski definition) is 0. The fourth-order valence-electron chi connectivity index (χ4n) is 0.192.